The van der Waals surface area contributed by atoms with Crippen molar-refractivity contribution in [3.05, 3.63) is 35.9 Å². The molecule has 3 heteroatoms. The standard InChI is InChI=1S/C11H11NO2/c1-2-14-11(13)10(8-12)9-6-4-3-5-7-9/h3-7,10H,2H2,1H3/t10-/m0/s1. The molecule has 3 nitrogen and oxygen atoms in total. The van der Waals surface area contributed by atoms with Crippen LogP contribution >= 0.6 is 0 Å². The van der Waals surface area contributed by atoms with Crippen LogP contribution < -0.4 is 0 Å². The Kier molecular flexibility index (Phi) is 3.69. The van der Waals surface area contributed by atoms with Crippen LogP contribution in [0, 0.1) is 11.3 Å². The molecule has 0 aliphatic heterocycles. The molecule has 1 rings (SSSR count). The molecule has 72 valence electrons. The predicted molar refractivity (Wildman–Crippen MR) is 51.4 cm³/mol. The number of carbonyl (C=O) groups is 1. The average molecular weight is 189 g/mol. The summed E-state index contributed by atoms with van der Waals surface area (Å²) in [5, 5.41) is 8.83. The van der Waals surface area contributed by atoms with E-state index in [9.17, 15) is 4.79 Å². The van der Waals surface area contributed by atoms with E-state index < -0.39 is 11.9 Å². The second-order valence-corrected chi connectivity index (χ2v) is 2.72. The lowest BCUT2D eigenvalue weighted by Crippen LogP contribution is -2.14. The van der Waals surface area contributed by atoms with Crippen molar-refractivity contribution >= 4 is 5.97 Å². The molecule has 0 spiro atoms. The van der Waals surface area contributed by atoms with E-state index in [1.54, 1.807) is 31.2 Å². The van der Waals surface area contributed by atoms with Gasteiger partial charge in [-0.05, 0) is 12.5 Å². The van der Waals surface area contributed by atoms with Gasteiger partial charge >= 0.3 is 5.97 Å². The summed E-state index contributed by atoms with van der Waals surface area (Å²) in [4.78, 5) is 11.3. The smallest absolute Gasteiger partial charge is 0.327 e. The summed E-state index contributed by atoms with van der Waals surface area (Å²) in [6, 6.07) is 10.8. The van der Waals surface area contributed by atoms with Crippen molar-refractivity contribution in [2.45, 2.75) is 12.8 Å². The maximum absolute atomic E-state index is 11.3. The molecule has 0 N–H and O–H groups in total. The van der Waals surface area contributed by atoms with Crippen molar-refractivity contribution in [3.63, 3.8) is 0 Å². The zero-order valence-corrected chi connectivity index (χ0v) is 7.93. The molecule has 0 saturated carbocycles. The first-order chi connectivity index (χ1) is 6.79. The summed E-state index contributed by atoms with van der Waals surface area (Å²) in [5.74, 6) is -1.29. The highest BCUT2D eigenvalue weighted by Crippen LogP contribution is 2.15. The molecule has 0 amide bonds. The Hall–Kier alpha value is -1.82. The summed E-state index contributed by atoms with van der Waals surface area (Å²) in [6.45, 7) is 2.02. The van der Waals surface area contributed by atoms with E-state index in [1.165, 1.54) is 0 Å². The number of rotatable bonds is 3. The predicted octanol–water partition coefficient (Wildman–Crippen LogP) is 1.86. The van der Waals surface area contributed by atoms with E-state index >= 15 is 0 Å². The van der Waals surface area contributed by atoms with Gasteiger partial charge in [-0.1, -0.05) is 30.3 Å². The van der Waals surface area contributed by atoms with E-state index in [0.717, 1.165) is 0 Å². The molecule has 1 atom stereocenters. The van der Waals surface area contributed by atoms with Crippen LogP contribution in [0.1, 0.15) is 18.4 Å². The maximum Gasteiger partial charge on any atom is 0.327 e. The van der Waals surface area contributed by atoms with Crippen LogP contribution in [-0.2, 0) is 9.53 Å². The molecule has 0 heterocycles. The molecule has 0 aromatic heterocycles. The molecule has 0 fully saturated rings. The van der Waals surface area contributed by atoms with Crippen molar-refractivity contribution in [2.75, 3.05) is 6.61 Å². The van der Waals surface area contributed by atoms with Gasteiger partial charge in [0.05, 0.1) is 12.7 Å². The van der Waals surface area contributed by atoms with E-state index in [-0.39, 0.29) is 0 Å². The molecular weight excluding hydrogens is 178 g/mol. The number of benzene rings is 1. The fourth-order valence-corrected chi connectivity index (χ4v) is 1.13. The van der Waals surface area contributed by atoms with Gasteiger partial charge < -0.3 is 4.74 Å². The third-order valence-electron chi connectivity index (χ3n) is 1.78. The Labute approximate surface area is 82.9 Å². The molecule has 0 radical (unpaired) electrons. The van der Waals surface area contributed by atoms with Crippen LogP contribution in [0.4, 0.5) is 0 Å². The topological polar surface area (TPSA) is 50.1 Å². The quantitative estimate of drug-likeness (QED) is 0.682. The van der Waals surface area contributed by atoms with Crippen LogP contribution in [0.5, 0.6) is 0 Å². The summed E-state index contributed by atoms with van der Waals surface area (Å²) >= 11 is 0. The molecule has 0 bridgehead atoms. The monoisotopic (exact) mass is 189 g/mol. The molecule has 1 aromatic carbocycles. The first kappa shape index (κ1) is 10.3. The normalized spacial score (nSPS) is 11.4. The fraction of sp³-hybridized carbons (Fsp3) is 0.273. The lowest BCUT2D eigenvalue weighted by molar-refractivity contribution is -0.143. The summed E-state index contributed by atoms with van der Waals surface area (Å²) < 4.78 is 4.79. The number of ether oxygens (including phenoxy) is 1. The van der Waals surface area contributed by atoms with Crippen molar-refractivity contribution < 1.29 is 9.53 Å². The number of esters is 1. The minimum Gasteiger partial charge on any atom is -0.465 e. The fourth-order valence-electron chi connectivity index (χ4n) is 1.13. The zero-order chi connectivity index (χ0) is 10.4. The Morgan fingerprint density at radius 1 is 1.50 bits per heavy atom. The minimum atomic E-state index is -0.809. The van der Waals surface area contributed by atoms with Crippen LogP contribution in [0.25, 0.3) is 0 Å². The molecule has 0 aliphatic carbocycles. The van der Waals surface area contributed by atoms with Gasteiger partial charge in [-0.2, -0.15) is 5.26 Å². The van der Waals surface area contributed by atoms with E-state index in [4.69, 9.17) is 10.00 Å². The van der Waals surface area contributed by atoms with Gasteiger partial charge in [-0.25, -0.2) is 0 Å². The van der Waals surface area contributed by atoms with Crippen molar-refractivity contribution in [2.24, 2.45) is 0 Å². The second-order valence-electron chi connectivity index (χ2n) is 2.72. The number of hydrogen-bond donors (Lipinski definition) is 0. The van der Waals surface area contributed by atoms with E-state index in [0.29, 0.717) is 12.2 Å². The maximum atomic E-state index is 11.3. The third-order valence-corrected chi connectivity index (χ3v) is 1.78. The Bertz CT molecular complexity index is 340. The lowest BCUT2D eigenvalue weighted by atomic mass is 10.0. The minimum absolute atomic E-state index is 0.295. The number of nitriles is 1. The van der Waals surface area contributed by atoms with Crippen molar-refractivity contribution in [3.8, 4) is 6.07 Å². The highest BCUT2D eigenvalue weighted by atomic mass is 16.5. The van der Waals surface area contributed by atoms with E-state index in [2.05, 4.69) is 0 Å². The van der Waals surface area contributed by atoms with Gasteiger partial charge in [0.2, 0.25) is 0 Å². The summed E-state index contributed by atoms with van der Waals surface area (Å²) in [6.07, 6.45) is 0. The van der Waals surface area contributed by atoms with Crippen LogP contribution in [-0.4, -0.2) is 12.6 Å². The molecule has 0 saturated heterocycles. The van der Waals surface area contributed by atoms with Gasteiger partial charge in [-0.3, -0.25) is 4.79 Å². The van der Waals surface area contributed by atoms with Crippen LogP contribution in [0.3, 0.4) is 0 Å². The highest BCUT2D eigenvalue weighted by molar-refractivity contribution is 5.81. The SMILES string of the molecule is CCOC(=O)[C@@H](C#N)c1ccccc1. The lowest BCUT2D eigenvalue weighted by Gasteiger charge is -2.07. The first-order valence-corrected chi connectivity index (χ1v) is 4.40. The first-order valence-electron chi connectivity index (χ1n) is 4.40. The van der Waals surface area contributed by atoms with Crippen LogP contribution in [0.15, 0.2) is 30.3 Å². The third kappa shape index (κ3) is 2.33. The Morgan fingerprint density at radius 2 is 2.14 bits per heavy atom. The molecule has 14 heavy (non-hydrogen) atoms. The second kappa shape index (κ2) is 5.03. The summed E-state index contributed by atoms with van der Waals surface area (Å²) in [5.41, 5.74) is 0.674. The van der Waals surface area contributed by atoms with Gasteiger partial charge in [0.15, 0.2) is 5.92 Å². The number of nitrogens with zero attached hydrogens (tertiary/aromatic N) is 1. The average Bonchev–Trinajstić information content (AvgIpc) is 2.21. The van der Waals surface area contributed by atoms with Gasteiger partial charge in [0.1, 0.15) is 0 Å². The van der Waals surface area contributed by atoms with Crippen molar-refractivity contribution in [1.29, 1.82) is 5.26 Å². The largest absolute Gasteiger partial charge is 0.465 e. The molecular formula is C11H11NO2. The van der Waals surface area contributed by atoms with Gasteiger partial charge in [0, 0.05) is 0 Å². The number of hydrogen-bond acceptors (Lipinski definition) is 3. The van der Waals surface area contributed by atoms with Gasteiger partial charge in [0.25, 0.3) is 0 Å². The van der Waals surface area contributed by atoms with Gasteiger partial charge in [-0.15, -0.1) is 0 Å². The van der Waals surface area contributed by atoms with E-state index in [1.807, 2.05) is 12.1 Å². The Morgan fingerprint density at radius 3 is 2.64 bits per heavy atom. The zero-order valence-electron chi connectivity index (χ0n) is 7.93. The molecule has 0 aliphatic rings. The number of carbonyl (C=O) groups excluding carboxylic acids is 1. The van der Waals surface area contributed by atoms with Crippen LogP contribution in [0.2, 0.25) is 0 Å². The molecule has 0 unspecified atom stereocenters. The summed E-state index contributed by atoms with van der Waals surface area (Å²) in [7, 11) is 0. The Balaban J connectivity index is 2.84. The highest BCUT2D eigenvalue weighted by Gasteiger charge is 2.20. The van der Waals surface area contributed by atoms with Crippen molar-refractivity contribution in [1.82, 2.24) is 0 Å². The molecule has 1 aromatic rings.